The molecule has 0 spiro atoms. The number of anilines is 1. The second-order valence-corrected chi connectivity index (χ2v) is 7.25. The van der Waals surface area contributed by atoms with E-state index < -0.39 is 11.1 Å². The number of carbonyl (C=O) groups excluding carboxylic acids is 1. The van der Waals surface area contributed by atoms with E-state index in [2.05, 4.69) is 15.3 Å². The monoisotopic (exact) mass is 393 g/mol. The Kier molecular flexibility index (Phi) is 5.58. The molecule has 8 heteroatoms. The maximum atomic E-state index is 13.8. The van der Waals surface area contributed by atoms with Gasteiger partial charge in [-0.05, 0) is 55.0 Å². The smallest absolute Gasteiger partial charge is 0.237 e. The minimum atomic E-state index is -0.598. The minimum absolute atomic E-state index is 0.0679. The Bertz CT molecular complexity index is 930. The standard InChI is InChI=1S/C18H14ClF2N3OS/c1-10(17(25)23-15-7-4-12(19)8-14(15)21)26-18-22-9-16(24-18)11-2-5-13(20)6-3-11/h2-10H,1H3,(H,22,24)(H,23,25). The van der Waals surface area contributed by atoms with Crippen LogP contribution < -0.4 is 5.32 Å². The zero-order valence-electron chi connectivity index (χ0n) is 13.6. The van der Waals surface area contributed by atoms with Gasteiger partial charge < -0.3 is 10.3 Å². The molecule has 2 N–H and O–H groups in total. The number of benzene rings is 2. The summed E-state index contributed by atoms with van der Waals surface area (Å²) in [6, 6.07) is 10.0. The molecule has 0 bridgehead atoms. The number of aromatic amines is 1. The molecule has 0 saturated carbocycles. The third-order valence-electron chi connectivity index (χ3n) is 3.55. The maximum Gasteiger partial charge on any atom is 0.237 e. The molecule has 1 unspecified atom stereocenters. The summed E-state index contributed by atoms with van der Waals surface area (Å²) in [4.78, 5) is 19.5. The summed E-state index contributed by atoms with van der Waals surface area (Å²) in [5.74, 6) is -1.28. The van der Waals surface area contributed by atoms with Crippen LogP contribution in [0.4, 0.5) is 14.5 Å². The van der Waals surface area contributed by atoms with Gasteiger partial charge in [0.25, 0.3) is 0 Å². The molecular weight excluding hydrogens is 380 g/mol. The fourth-order valence-corrected chi connectivity index (χ4v) is 3.13. The van der Waals surface area contributed by atoms with Gasteiger partial charge in [0.15, 0.2) is 5.16 Å². The maximum absolute atomic E-state index is 13.8. The number of imidazole rings is 1. The van der Waals surface area contributed by atoms with E-state index in [4.69, 9.17) is 11.6 Å². The molecule has 1 atom stereocenters. The molecule has 26 heavy (non-hydrogen) atoms. The molecule has 0 aliphatic heterocycles. The third kappa shape index (κ3) is 4.42. The fraction of sp³-hybridized carbons (Fsp3) is 0.111. The Labute approximate surface area is 158 Å². The average molecular weight is 394 g/mol. The molecular formula is C18H14ClF2N3OS. The van der Waals surface area contributed by atoms with E-state index in [0.29, 0.717) is 10.9 Å². The van der Waals surface area contributed by atoms with Crippen molar-refractivity contribution in [3.05, 3.63) is 65.3 Å². The number of hydrogen-bond acceptors (Lipinski definition) is 3. The highest BCUT2D eigenvalue weighted by Crippen LogP contribution is 2.26. The van der Waals surface area contributed by atoms with Crippen LogP contribution in [0.1, 0.15) is 6.92 Å². The third-order valence-corrected chi connectivity index (χ3v) is 4.79. The van der Waals surface area contributed by atoms with Crippen LogP contribution in [0.25, 0.3) is 11.3 Å². The number of nitrogens with one attached hydrogen (secondary N) is 2. The summed E-state index contributed by atoms with van der Waals surface area (Å²) in [5.41, 5.74) is 1.56. The molecule has 134 valence electrons. The van der Waals surface area contributed by atoms with Gasteiger partial charge in [0.1, 0.15) is 11.6 Å². The van der Waals surface area contributed by atoms with Crippen LogP contribution in [0.3, 0.4) is 0 Å². The van der Waals surface area contributed by atoms with Gasteiger partial charge in [-0.1, -0.05) is 23.4 Å². The number of rotatable bonds is 5. The molecule has 3 rings (SSSR count). The van der Waals surface area contributed by atoms with Crippen molar-refractivity contribution in [2.45, 2.75) is 17.3 Å². The van der Waals surface area contributed by atoms with Gasteiger partial charge in [0, 0.05) is 5.02 Å². The highest BCUT2D eigenvalue weighted by atomic mass is 35.5. The first kappa shape index (κ1) is 18.4. The van der Waals surface area contributed by atoms with E-state index in [0.717, 1.165) is 11.6 Å². The Balaban J connectivity index is 1.65. The number of amides is 1. The van der Waals surface area contributed by atoms with Gasteiger partial charge in [-0.2, -0.15) is 0 Å². The molecule has 0 aliphatic carbocycles. The summed E-state index contributed by atoms with van der Waals surface area (Å²) in [6.07, 6.45) is 1.61. The van der Waals surface area contributed by atoms with Crippen LogP contribution in [0.2, 0.25) is 5.02 Å². The average Bonchev–Trinajstić information content (AvgIpc) is 3.06. The summed E-state index contributed by atoms with van der Waals surface area (Å²) in [7, 11) is 0. The Morgan fingerprint density at radius 1 is 1.23 bits per heavy atom. The molecule has 2 aromatic carbocycles. The number of halogens is 3. The Hall–Kier alpha value is -2.38. The van der Waals surface area contributed by atoms with Crippen LogP contribution >= 0.6 is 23.4 Å². The molecule has 1 heterocycles. The van der Waals surface area contributed by atoms with Gasteiger partial charge >= 0.3 is 0 Å². The van der Waals surface area contributed by atoms with Crippen LogP contribution in [-0.2, 0) is 4.79 Å². The zero-order chi connectivity index (χ0) is 18.7. The van der Waals surface area contributed by atoms with E-state index >= 15 is 0 Å². The first-order valence-electron chi connectivity index (χ1n) is 7.66. The zero-order valence-corrected chi connectivity index (χ0v) is 15.2. The van der Waals surface area contributed by atoms with Crippen LogP contribution in [0, 0.1) is 11.6 Å². The van der Waals surface area contributed by atoms with Gasteiger partial charge in [-0.25, -0.2) is 13.8 Å². The SMILES string of the molecule is CC(Sc1ncc(-c2ccc(F)cc2)[nH]1)C(=O)Nc1ccc(Cl)cc1F. The van der Waals surface area contributed by atoms with E-state index in [-0.39, 0.29) is 22.4 Å². The first-order valence-corrected chi connectivity index (χ1v) is 8.91. The number of thioether (sulfide) groups is 1. The quantitative estimate of drug-likeness (QED) is 0.591. The molecule has 1 amide bonds. The number of nitrogens with zero attached hydrogens (tertiary/aromatic N) is 1. The van der Waals surface area contributed by atoms with Gasteiger partial charge in [-0.3, -0.25) is 4.79 Å². The van der Waals surface area contributed by atoms with Crippen molar-refractivity contribution in [1.29, 1.82) is 0 Å². The molecule has 0 saturated heterocycles. The number of hydrogen-bond donors (Lipinski definition) is 2. The number of carbonyl (C=O) groups is 1. The van der Waals surface area contributed by atoms with E-state index in [9.17, 15) is 13.6 Å². The van der Waals surface area contributed by atoms with Gasteiger partial charge in [0.2, 0.25) is 5.91 Å². The lowest BCUT2D eigenvalue weighted by Crippen LogP contribution is -2.23. The van der Waals surface area contributed by atoms with E-state index in [1.165, 1.54) is 36.0 Å². The van der Waals surface area contributed by atoms with Crippen molar-refractivity contribution >= 4 is 35.0 Å². The number of aromatic nitrogens is 2. The second-order valence-electron chi connectivity index (χ2n) is 5.48. The topological polar surface area (TPSA) is 57.8 Å². The van der Waals surface area contributed by atoms with Gasteiger partial charge in [0.05, 0.1) is 22.8 Å². The van der Waals surface area contributed by atoms with Gasteiger partial charge in [-0.15, -0.1) is 0 Å². The van der Waals surface area contributed by atoms with Crippen molar-refractivity contribution in [1.82, 2.24) is 9.97 Å². The molecule has 1 aromatic heterocycles. The summed E-state index contributed by atoms with van der Waals surface area (Å²) in [6.45, 7) is 1.69. The predicted octanol–water partition coefficient (Wildman–Crippen LogP) is 5.13. The van der Waals surface area contributed by atoms with E-state index in [1.54, 1.807) is 25.3 Å². The molecule has 0 aliphatic rings. The molecule has 0 fully saturated rings. The van der Waals surface area contributed by atoms with Crippen molar-refractivity contribution in [2.24, 2.45) is 0 Å². The summed E-state index contributed by atoms with van der Waals surface area (Å²) < 4.78 is 26.8. The highest BCUT2D eigenvalue weighted by Gasteiger charge is 2.18. The van der Waals surface area contributed by atoms with Crippen LogP contribution in [0.5, 0.6) is 0 Å². The van der Waals surface area contributed by atoms with E-state index in [1.807, 2.05) is 0 Å². The normalized spacial score (nSPS) is 12.0. The van der Waals surface area contributed by atoms with Crippen molar-refractivity contribution in [3.8, 4) is 11.3 Å². The summed E-state index contributed by atoms with van der Waals surface area (Å²) >= 11 is 6.89. The second kappa shape index (κ2) is 7.88. The molecule has 3 aromatic rings. The lowest BCUT2D eigenvalue weighted by Gasteiger charge is -2.11. The Morgan fingerprint density at radius 2 is 1.96 bits per heavy atom. The largest absolute Gasteiger partial charge is 0.333 e. The molecule has 4 nitrogen and oxygen atoms in total. The van der Waals surface area contributed by atoms with Crippen molar-refractivity contribution in [3.63, 3.8) is 0 Å². The lowest BCUT2D eigenvalue weighted by molar-refractivity contribution is -0.115. The number of H-pyrrole nitrogens is 1. The van der Waals surface area contributed by atoms with Crippen molar-refractivity contribution in [2.75, 3.05) is 5.32 Å². The van der Waals surface area contributed by atoms with Crippen molar-refractivity contribution < 1.29 is 13.6 Å². The van der Waals surface area contributed by atoms with Crippen LogP contribution in [0.15, 0.2) is 53.8 Å². The molecule has 0 radical (unpaired) electrons. The lowest BCUT2D eigenvalue weighted by atomic mass is 10.2. The van der Waals surface area contributed by atoms with Crippen LogP contribution in [-0.4, -0.2) is 21.1 Å². The minimum Gasteiger partial charge on any atom is -0.333 e. The Morgan fingerprint density at radius 3 is 2.65 bits per heavy atom. The first-order chi connectivity index (χ1) is 12.4. The fourth-order valence-electron chi connectivity index (χ4n) is 2.19. The highest BCUT2D eigenvalue weighted by molar-refractivity contribution is 8.00. The summed E-state index contributed by atoms with van der Waals surface area (Å²) in [5, 5.41) is 2.80. The predicted molar refractivity (Wildman–Crippen MR) is 99.3 cm³/mol.